The van der Waals surface area contributed by atoms with Gasteiger partial charge in [0.05, 0.1) is 17.0 Å². The van der Waals surface area contributed by atoms with Gasteiger partial charge < -0.3 is 10.1 Å². The Balaban J connectivity index is 1.53. The molecule has 0 radical (unpaired) electrons. The Bertz CT molecular complexity index is 985. The molecule has 0 aromatic heterocycles. The van der Waals surface area contributed by atoms with Crippen molar-refractivity contribution in [2.45, 2.75) is 0 Å². The van der Waals surface area contributed by atoms with E-state index in [9.17, 15) is 9.59 Å². The number of halogens is 2. The molecule has 0 saturated heterocycles. The maximum atomic E-state index is 12.0. The number of hydrogen-bond donors (Lipinski definition) is 1. The van der Waals surface area contributed by atoms with Crippen LogP contribution >= 0.6 is 23.2 Å². The van der Waals surface area contributed by atoms with Crippen LogP contribution in [0, 0.1) is 0 Å². The third kappa shape index (κ3) is 4.57. The van der Waals surface area contributed by atoms with Crippen molar-refractivity contribution in [1.29, 1.82) is 0 Å². The van der Waals surface area contributed by atoms with Crippen LogP contribution in [-0.4, -0.2) is 18.5 Å². The first-order chi connectivity index (χ1) is 12.5. The second-order valence-corrected chi connectivity index (χ2v) is 6.46. The number of carbonyl (C=O) groups is 2. The number of esters is 1. The van der Waals surface area contributed by atoms with Crippen molar-refractivity contribution in [2.24, 2.45) is 8.73 Å². The number of fused-ring (bicyclic) bond motifs is 1. The van der Waals surface area contributed by atoms with Gasteiger partial charge in [-0.25, -0.2) is 4.79 Å². The Labute approximate surface area is 162 Å². The fraction of sp³-hybridized carbons (Fsp3) is 0.0588. The lowest BCUT2D eigenvalue weighted by Gasteiger charge is -2.07. The van der Waals surface area contributed by atoms with E-state index in [0.717, 1.165) is 11.4 Å². The Hall–Kier alpha value is -2.48. The molecule has 6 nitrogen and oxygen atoms in total. The van der Waals surface area contributed by atoms with E-state index in [4.69, 9.17) is 27.9 Å². The summed E-state index contributed by atoms with van der Waals surface area (Å²) in [5.41, 5.74) is 2.41. The van der Waals surface area contributed by atoms with Gasteiger partial charge in [0.15, 0.2) is 6.61 Å². The number of amides is 1. The molecule has 0 aliphatic carbocycles. The summed E-state index contributed by atoms with van der Waals surface area (Å²) in [7, 11) is 0. The largest absolute Gasteiger partial charge is 0.452 e. The first-order valence-electron chi connectivity index (χ1n) is 7.34. The van der Waals surface area contributed by atoms with E-state index in [-0.39, 0.29) is 0 Å². The molecule has 0 spiro atoms. The van der Waals surface area contributed by atoms with Gasteiger partial charge >= 0.3 is 5.97 Å². The molecular formula is C17H11Cl2N3O3S. The maximum Gasteiger partial charge on any atom is 0.331 e. The molecule has 132 valence electrons. The summed E-state index contributed by atoms with van der Waals surface area (Å²) in [5.74, 6) is -1.14. The molecule has 0 bridgehead atoms. The van der Waals surface area contributed by atoms with E-state index < -0.39 is 18.5 Å². The second-order valence-electron chi connectivity index (χ2n) is 5.09. The lowest BCUT2D eigenvalue weighted by atomic mass is 10.2. The molecule has 2 aromatic rings. The van der Waals surface area contributed by atoms with Gasteiger partial charge in [0.25, 0.3) is 5.91 Å². The van der Waals surface area contributed by atoms with E-state index in [1.807, 2.05) is 0 Å². The molecule has 9 heteroatoms. The SMILES string of the molecule is O=C(COC(=O)/C=C/c1ccc(Cl)cc1Cl)Nc1cccc2c1N=S=N2. The summed E-state index contributed by atoms with van der Waals surface area (Å²) in [6.45, 7) is -0.425. The maximum absolute atomic E-state index is 12.0. The summed E-state index contributed by atoms with van der Waals surface area (Å²) >= 11 is 12.9. The molecule has 0 fully saturated rings. The van der Waals surface area contributed by atoms with Gasteiger partial charge in [0.1, 0.15) is 11.4 Å². The summed E-state index contributed by atoms with van der Waals surface area (Å²) in [6, 6.07) is 10.1. The highest BCUT2D eigenvalue weighted by atomic mass is 35.5. The van der Waals surface area contributed by atoms with Crippen LogP contribution in [0.1, 0.15) is 5.56 Å². The molecular weight excluding hydrogens is 397 g/mol. The Morgan fingerprint density at radius 2 is 2.04 bits per heavy atom. The van der Waals surface area contributed by atoms with Gasteiger partial charge in [-0.15, -0.1) is 0 Å². The summed E-state index contributed by atoms with van der Waals surface area (Å²) in [5, 5.41) is 3.55. The number of anilines is 1. The van der Waals surface area contributed by atoms with Crippen LogP contribution in [0.15, 0.2) is 51.2 Å². The van der Waals surface area contributed by atoms with E-state index in [1.165, 1.54) is 12.2 Å². The monoisotopic (exact) mass is 407 g/mol. The summed E-state index contributed by atoms with van der Waals surface area (Å²) in [4.78, 5) is 23.7. The molecule has 26 heavy (non-hydrogen) atoms. The molecule has 1 heterocycles. The molecule has 3 rings (SSSR count). The fourth-order valence-electron chi connectivity index (χ4n) is 2.07. The van der Waals surface area contributed by atoms with Crippen molar-refractivity contribution in [2.75, 3.05) is 11.9 Å². The Morgan fingerprint density at radius 1 is 1.19 bits per heavy atom. The Morgan fingerprint density at radius 3 is 2.85 bits per heavy atom. The highest BCUT2D eigenvalue weighted by Crippen LogP contribution is 2.38. The van der Waals surface area contributed by atoms with Crippen molar-refractivity contribution in [3.8, 4) is 0 Å². The molecule has 0 unspecified atom stereocenters. The highest BCUT2D eigenvalue weighted by molar-refractivity contribution is 7.58. The van der Waals surface area contributed by atoms with E-state index in [0.29, 0.717) is 32.7 Å². The minimum absolute atomic E-state index is 0.407. The van der Waals surface area contributed by atoms with Gasteiger partial charge in [-0.3, -0.25) is 4.79 Å². The van der Waals surface area contributed by atoms with Crippen molar-refractivity contribution < 1.29 is 14.3 Å². The fourth-order valence-corrected chi connectivity index (χ4v) is 3.09. The third-order valence-electron chi connectivity index (χ3n) is 3.27. The van der Waals surface area contributed by atoms with Gasteiger partial charge in [-0.05, 0) is 35.9 Å². The zero-order chi connectivity index (χ0) is 18.5. The van der Waals surface area contributed by atoms with Crippen LogP contribution in [0.4, 0.5) is 17.1 Å². The van der Waals surface area contributed by atoms with Crippen LogP contribution in [0.3, 0.4) is 0 Å². The van der Waals surface area contributed by atoms with Gasteiger partial charge in [-0.1, -0.05) is 35.3 Å². The standard InChI is InChI=1S/C17H11Cl2N3O3S/c18-11-6-4-10(12(19)8-11)5-7-16(24)25-9-15(23)20-13-2-1-3-14-17(13)22-26-21-14/h1-8H,9H2,(H,20,23)/b7-5+. The summed E-state index contributed by atoms with van der Waals surface area (Å²) < 4.78 is 13.1. The number of carbonyl (C=O) groups excluding carboxylic acids is 2. The average Bonchev–Trinajstić information content (AvgIpc) is 3.09. The van der Waals surface area contributed by atoms with Gasteiger partial charge in [0, 0.05) is 16.1 Å². The zero-order valence-electron chi connectivity index (χ0n) is 13.1. The Kier molecular flexibility index (Phi) is 5.82. The lowest BCUT2D eigenvalue weighted by Crippen LogP contribution is -2.20. The first kappa shape index (κ1) is 18.3. The van der Waals surface area contributed by atoms with Crippen molar-refractivity contribution in [3.05, 3.63) is 58.1 Å². The molecule has 1 aliphatic heterocycles. The number of ether oxygens (including phenoxy) is 1. The van der Waals surface area contributed by atoms with Crippen molar-refractivity contribution in [3.63, 3.8) is 0 Å². The van der Waals surface area contributed by atoms with Crippen LogP contribution in [0.2, 0.25) is 10.0 Å². The molecule has 1 amide bonds. The second kappa shape index (κ2) is 8.27. The lowest BCUT2D eigenvalue weighted by molar-refractivity contribution is -0.142. The number of rotatable bonds is 5. The van der Waals surface area contributed by atoms with E-state index >= 15 is 0 Å². The number of hydrogen-bond acceptors (Lipinski definition) is 5. The minimum Gasteiger partial charge on any atom is -0.452 e. The third-order valence-corrected chi connectivity index (χ3v) is 4.37. The van der Waals surface area contributed by atoms with Crippen LogP contribution < -0.4 is 5.32 Å². The normalized spacial score (nSPS) is 11.9. The molecule has 0 saturated carbocycles. The molecule has 1 N–H and O–H groups in total. The van der Waals surface area contributed by atoms with E-state index in [1.54, 1.807) is 36.4 Å². The summed E-state index contributed by atoms with van der Waals surface area (Å²) in [6.07, 6.45) is 2.67. The van der Waals surface area contributed by atoms with Gasteiger partial charge in [0.2, 0.25) is 0 Å². The first-order valence-corrected chi connectivity index (χ1v) is 8.82. The van der Waals surface area contributed by atoms with Crippen LogP contribution in [0.5, 0.6) is 0 Å². The number of benzene rings is 2. The van der Waals surface area contributed by atoms with Crippen molar-refractivity contribution in [1.82, 2.24) is 0 Å². The van der Waals surface area contributed by atoms with Crippen molar-refractivity contribution >= 4 is 69.6 Å². The van der Waals surface area contributed by atoms with Crippen LogP contribution in [0.25, 0.3) is 6.08 Å². The van der Waals surface area contributed by atoms with Gasteiger partial charge in [-0.2, -0.15) is 8.73 Å². The topological polar surface area (TPSA) is 80.1 Å². The number of nitrogens with zero attached hydrogens (tertiary/aromatic N) is 2. The van der Waals surface area contributed by atoms with E-state index in [2.05, 4.69) is 14.0 Å². The molecule has 2 aromatic carbocycles. The average molecular weight is 408 g/mol. The number of nitrogens with one attached hydrogen (secondary N) is 1. The molecule has 0 atom stereocenters. The predicted octanol–water partition coefficient (Wildman–Crippen LogP) is 4.91. The zero-order valence-corrected chi connectivity index (χ0v) is 15.4. The smallest absolute Gasteiger partial charge is 0.331 e. The van der Waals surface area contributed by atoms with Crippen LogP contribution in [-0.2, 0) is 25.7 Å². The minimum atomic E-state index is -0.667. The quantitative estimate of drug-likeness (QED) is 0.481. The highest BCUT2D eigenvalue weighted by Gasteiger charge is 2.13. The predicted molar refractivity (Wildman–Crippen MR) is 103 cm³/mol. The molecule has 1 aliphatic rings.